The molecule has 0 aliphatic heterocycles. The van der Waals surface area contributed by atoms with Crippen LogP contribution in [0.25, 0.3) is 16.8 Å². The Kier molecular flexibility index (Phi) is 5.08. The molecule has 0 bridgehead atoms. The zero-order valence-corrected chi connectivity index (χ0v) is 14.0. The van der Waals surface area contributed by atoms with E-state index in [1.54, 1.807) is 23.1 Å². The number of thiophene rings is 1. The lowest BCUT2D eigenvalue weighted by molar-refractivity contribution is 0.688. The molecule has 2 aromatic heterocycles. The van der Waals surface area contributed by atoms with Gasteiger partial charge in [0, 0.05) is 12.3 Å². The van der Waals surface area contributed by atoms with E-state index < -0.39 is 0 Å². The van der Waals surface area contributed by atoms with Crippen LogP contribution < -0.4 is 0 Å². The standard InChI is InChI=1S/C17H17N3S2/c1-2-20-16(15-11-7-12-21-15)18-19-17(20)22-13-6-10-14-8-4-3-5-9-14/h3-12H,2,13H2,1H3/b10-6-. The Hall–Kier alpha value is -1.85. The summed E-state index contributed by atoms with van der Waals surface area (Å²) in [7, 11) is 0. The summed E-state index contributed by atoms with van der Waals surface area (Å²) in [6.45, 7) is 3.01. The lowest BCUT2D eigenvalue weighted by Gasteiger charge is -2.04. The maximum absolute atomic E-state index is 4.34. The van der Waals surface area contributed by atoms with Crippen molar-refractivity contribution in [3.8, 4) is 10.7 Å². The van der Waals surface area contributed by atoms with Gasteiger partial charge in [-0.3, -0.25) is 0 Å². The number of thioether (sulfide) groups is 1. The Morgan fingerprint density at radius 2 is 2.00 bits per heavy atom. The summed E-state index contributed by atoms with van der Waals surface area (Å²) in [5.41, 5.74) is 1.22. The molecule has 0 saturated carbocycles. The fourth-order valence-electron chi connectivity index (χ4n) is 2.14. The predicted octanol–water partition coefficient (Wildman–Crippen LogP) is 4.83. The van der Waals surface area contributed by atoms with Crippen LogP contribution in [0.4, 0.5) is 0 Å². The summed E-state index contributed by atoms with van der Waals surface area (Å²) in [6, 6.07) is 14.5. The first-order valence-corrected chi connectivity index (χ1v) is 9.06. The Morgan fingerprint density at radius 3 is 2.73 bits per heavy atom. The van der Waals surface area contributed by atoms with Gasteiger partial charge in [0.2, 0.25) is 0 Å². The van der Waals surface area contributed by atoms with E-state index in [-0.39, 0.29) is 0 Å². The van der Waals surface area contributed by atoms with E-state index in [2.05, 4.69) is 57.4 Å². The van der Waals surface area contributed by atoms with Gasteiger partial charge in [-0.1, -0.05) is 60.3 Å². The Morgan fingerprint density at radius 1 is 1.14 bits per heavy atom. The molecule has 0 unspecified atom stereocenters. The average Bonchev–Trinajstić information content (AvgIpc) is 3.21. The molecule has 112 valence electrons. The molecule has 3 rings (SSSR count). The van der Waals surface area contributed by atoms with Crippen LogP contribution in [0, 0.1) is 0 Å². The number of hydrogen-bond donors (Lipinski definition) is 0. The van der Waals surface area contributed by atoms with Crippen LogP contribution in [0.1, 0.15) is 12.5 Å². The Labute approximate surface area is 138 Å². The van der Waals surface area contributed by atoms with E-state index in [1.165, 1.54) is 10.4 Å². The van der Waals surface area contributed by atoms with Crippen molar-refractivity contribution in [3.63, 3.8) is 0 Å². The van der Waals surface area contributed by atoms with Gasteiger partial charge >= 0.3 is 0 Å². The molecular formula is C17H17N3S2. The Balaban J connectivity index is 1.67. The fraction of sp³-hybridized carbons (Fsp3) is 0.176. The third-order valence-corrected chi connectivity index (χ3v) is 4.98. The van der Waals surface area contributed by atoms with Crippen LogP contribution in [0.5, 0.6) is 0 Å². The van der Waals surface area contributed by atoms with Gasteiger partial charge in [-0.15, -0.1) is 21.5 Å². The maximum Gasteiger partial charge on any atom is 0.191 e. The van der Waals surface area contributed by atoms with Crippen LogP contribution in [-0.2, 0) is 6.54 Å². The number of benzene rings is 1. The molecule has 0 atom stereocenters. The minimum Gasteiger partial charge on any atom is -0.302 e. The van der Waals surface area contributed by atoms with E-state index in [1.807, 2.05) is 24.3 Å². The highest BCUT2D eigenvalue weighted by molar-refractivity contribution is 7.99. The summed E-state index contributed by atoms with van der Waals surface area (Å²) < 4.78 is 2.17. The smallest absolute Gasteiger partial charge is 0.191 e. The second-order valence-electron chi connectivity index (χ2n) is 4.65. The molecule has 0 amide bonds. The second kappa shape index (κ2) is 7.42. The van der Waals surface area contributed by atoms with Crippen molar-refractivity contribution in [2.24, 2.45) is 0 Å². The quantitative estimate of drug-likeness (QED) is 0.607. The van der Waals surface area contributed by atoms with Gasteiger partial charge < -0.3 is 4.57 Å². The third-order valence-electron chi connectivity index (χ3n) is 3.19. The molecule has 0 aliphatic carbocycles. The van der Waals surface area contributed by atoms with Crippen molar-refractivity contribution in [2.75, 3.05) is 5.75 Å². The maximum atomic E-state index is 4.34. The number of nitrogens with zero attached hydrogens (tertiary/aromatic N) is 3. The second-order valence-corrected chi connectivity index (χ2v) is 6.59. The minimum absolute atomic E-state index is 0.880. The topological polar surface area (TPSA) is 30.7 Å². The van der Waals surface area contributed by atoms with Crippen molar-refractivity contribution in [2.45, 2.75) is 18.6 Å². The molecule has 0 N–H and O–H groups in total. The Bertz CT molecular complexity index is 731. The van der Waals surface area contributed by atoms with Gasteiger partial charge in [-0.2, -0.15) is 0 Å². The lowest BCUT2D eigenvalue weighted by Crippen LogP contribution is -1.98. The van der Waals surface area contributed by atoms with Gasteiger partial charge in [0.1, 0.15) is 0 Å². The van der Waals surface area contributed by atoms with Crippen LogP contribution in [0.15, 0.2) is 59.1 Å². The molecule has 3 aromatic rings. The molecular weight excluding hydrogens is 310 g/mol. The molecule has 22 heavy (non-hydrogen) atoms. The van der Waals surface area contributed by atoms with Crippen molar-refractivity contribution >= 4 is 29.2 Å². The molecule has 5 heteroatoms. The van der Waals surface area contributed by atoms with Gasteiger partial charge in [0.15, 0.2) is 11.0 Å². The van der Waals surface area contributed by atoms with E-state index in [4.69, 9.17) is 0 Å². The molecule has 0 spiro atoms. The highest BCUT2D eigenvalue weighted by Crippen LogP contribution is 2.27. The number of hydrogen-bond acceptors (Lipinski definition) is 4. The van der Waals surface area contributed by atoms with E-state index >= 15 is 0 Å². The van der Waals surface area contributed by atoms with Gasteiger partial charge in [-0.05, 0) is 23.9 Å². The molecule has 1 aromatic carbocycles. The average molecular weight is 327 g/mol. The fourth-order valence-corrected chi connectivity index (χ4v) is 3.67. The first kappa shape index (κ1) is 15.1. The normalized spacial score (nSPS) is 11.3. The molecule has 0 saturated heterocycles. The van der Waals surface area contributed by atoms with Crippen LogP contribution in [0.2, 0.25) is 0 Å². The highest BCUT2D eigenvalue weighted by Gasteiger charge is 2.12. The first-order valence-electron chi connectivity index (χ1n) is 7.20. The molecule has 3 nitrogen and oxygen atoms in total. The van der Waals surface area contributed by atoms with E-state index in [0.29, 0.717) is 0 Å². The summed E-state index contributed by atoms with van der Waals surface area (Å²) in [5.74, 6) is 1.85. The number of aromatic nitrogens is 3. The van der Waals surface area contributed by atoms with E-state index in [9.17, 15) is 0 Å². The summed E-state index contributed by atoms with van der Waals surface area (Å²) in [5, 5.41) is 11.7. The summed E-state index contributed by atoms with van der Waals surface area (Å²) >= 11 is 3.41. The zero-order valence-electron chi connectivity index (χ0n) is 12.3. The van der Waals surface area contributed by atoms with Gasteiger partial charge in [0.05, 0.1) is 4.88 Å². The summed E-state index contributed by atoms with van der Waals surface area (Å²) in [4.78, 5) is 1.17. The SMILES string of the molecule is CCn1c(SC/C=C\c2ccccc2)nnc1-c1cccs1. The van der Waals surface area contributed by atoms with Crippen molar-refractivity contribution in [3.05, 3.63) is 59.5 Å². The van der Waals surface area contributed by atoms with E-state index in [0.717, 1.165) is 23.3 Å². The van der Waals surface area contributed by atoms with Gasteiger partial charge in [0.25, 0.3) is 0 Å². The third kappa shape index (κ3) is 3.48. The molecule has 0 radical (unpaired) electrons. The van der Waals surface area contributed by atoms with Crippen LogP contribution >= 0.6 is 23.1 Å². The molecule has 0 aliphatic rings. The minimum atomic E-state index is 0.880. The highest BCUT2D eigenvalue weighted by atomic mass is 32.2. The van der Waals surface area contributed by atoms with Crippen molar-refractivity contribution in [1.29, 1.82) is 0 Å². The number of rotatable bonds is 6. The first-order chi connectivity index (χ1) is 10.9. The monoisotopic (exact) mass is 327 g/mol. The molecule has 0 fully saturated rings. The largest absolute Gasteiger partial charge is 0.302 e. The zero-order chi connectivity index (χ0) is 15.2. The van der Waals surface area contributed by atoms with Gasteiger partial charge in [-0.25, -0.2) is 0 Å². The van der Waals surface area contributed by atoms with Crippen molar-refractivity contribution in [1.82, 2.24) is 14.8 Å². The van der Waals surface area contributed by atoms with Crippen LogP contribution in [-0.4, -0.2) is 20.5 Å². The van der Waals surface area contributed by atoms with Crippen molar-refractivity contribution < 1.29 is 0 Å². The van der Waals surface area contributed by atoms with Crippen LogP contribution in [0.3, 0.4) is 0 Å². The predicted molar refractivity (Wildman–Crippen MR) is 95.2 cm³/mol. The molecule has 2 heterocycles. The lowest BCUT2D eigenvalue weighted by atomic mass is 10.2. The summed E-state index contributed by atoms with van der Waals surface area (Å²) in [6.07, 6.45) is 4.30.